The fraction of sp³-hybridized carbons (Fsp3) is 0.185. The number of ether oxygens (including phenoxy) is 1. The van der Waals surface area contributed by atoms with Crippen LogP contribution >= 0.6 is 0 Å². The van der Waals surface area contributed by atoms with Gasteiger partial charge < -0.3 is 25.4 Å². The molecule has 3 heterocycles. The molecule has 0 aliphatic carbocycles. The molecule has 0 bridgehead atoms. The van der Waals surface area contributed by atoms with E-state index in [9.17, 15) is 9.90 Å². The number of aliphatic hydroxyl groups is 1. The minimum atomic E-state index is -0.493. The van der Waals surface area contributed by atoms with Crippen molar-refractivity contribution in [1.29, 1.82) is 0 Å². The average molecular weight is 501 g/mol. The van der Waals surface area contributed by atoms with Gasteiger partial charge in [0.05, 0.1) is 36.1 Å². The van der Waals surface area contributed by atoms with Crippen LogP contribution in [0.5, 0.6) is 0 Å². The number of nitrogens with zero attached hydrogens (tertiary/aromatic N) is 4. The number of halogens is 1. The van der Waals surface area contributed by atoms with Gasteiger partial charge >= 0.3 is 0 Å². The lowest BCUT2D eigenvalue weighted by Gasteiger charge is -2.33. The molecule has 2 aromatic carbocycles. The largest absolute Gasteiger partial charge is 0.394 e. The first-order valence-electron chi connectivity index (χ1n) is 11.7. The lowest BCUT2D eigenvalue weighted by Crippen LogP contribution is -2.44. The summed E-state index contributed by atoms with van der Waals surface area (Å²) in [5.41, 5.74) is 3.16. The molecule has 1 aliphatic heterocycles. The summed E-state index contributed by atoms with van der Waals surface area (Å²) in [6, 6.07) is 13.9. The van der Waals surface area contributed by atoms with E-state index in [-0.39, 0.29) is 24.2 Å². The van der Waals surface area contributed by atoms with Crippen molar-refractivity contribution in [2.45, 2.75) is 6.10 Å². The predicted molar refractivity (Wildman–Crippen MR) is 140 cm³/mol. The van der Waals surface area contributed by atoms with Crippen LogP contribution in [0.4, 0.5) is 27.4 Å². The molecule has 10 heteroatoms. The van der Waals surface area contributed by atoms with E-state index in [2.05, 4.69) is 37.1 Å². The summed E-state index contributed by atoms with van der Waals surface area (Å²) in [5, 5.41) is 15.9. The molecule has 0 saturated carbocycles. The number of aliphatic hydroxyl groups excluding tert-OH is 1. The van der Waals surface area contributed by atoms with E-state index in [1.807, 2.05) is 24.3 Å². The highest BCUT2D eigenvalue weighted by molar-refractivity contribution is 6.00. The molecule has 0 radical (unpaired) electrons. The van der Waals surface area contributed by atoms with Crippen LogP contribution in [0.2, 0.25) is 0 Å². The van der Waals surface area contributed by atoms with Crippen molar-refractivity contribution < 1.29 is 19.0 Å². The number of carbonyl (C=O) groups excluding carboxylic acids is 1. The zero-order valence-corrected chi connectivity index (χ0v) is 19.9. The molecule has 1 fully saturated rings. The molecule has 2 aromatic heterocycles. The highest BCUT2D eigenvalue weighted by Gasteiger charge is 2.20. The van der Waals surface area contributed by atoms with Gasteiger partial charge in [0.15, 0.2) is 0 Å². The van der Waals surface area contributed by atoms with Crippen molar-refractivity contribution in [2.24, 2.45) is 0 Å². The zero-order chi connectivity index (χ0) is 25.8. The van der Waals surface area contributed by atoms with Crippen LogP contribution in [0.25, 0.3) is 22.2 Å². The zero-order valence-electron chi connectivity index (χ0n) is 19.9. The first-order valence-corrected chi connectivity index (χ1v) is 11.7. The first-order chi connectivity index (χ1) is 18.0. The monoisotopic (exact) mass is 500 g/mol. The number of anilines is 4. The van der Waals surface area contributed by atoms with Crippen LogP contribution in [0.3, 0.4) is 0 Å². The second-order valence-electron chi connectivity index (χ2n) is 8.47. The van der Waals surface area contributed by atoms with Crippen LogP contribution in [0.15, 0.2) is 73.6 Å². The molecule has 3 N–H and O–H groups in total. The second kappa shape index (κ2) is 10.7. The van der Waals surface area contributed by atoms with Gasteiger partial charge in [0.2, 0.25) is 11.9 Å². The quantitative estimate of drug-likeness (QED) is 0.328. The molecule has 9 nitrogen and oxygen atoms in total. The van der Waals surface area contributed by atoms with E-state index < -0.39 is 5.82 Å². The number of morpholine rings is 1. The Morgan fingerprint density at radius 3 is 2.81 bits per heavy atom. The summed E-state index contributed by atoms with van der Waals surface area (Å²) in [7, 11) is 0. The van der Waals surface area contributed by atoms with Crippen molar-refractivity contribution >= 4 is 39.8 Å². The maximum absolute atomic E-state index is 15.0. The molecule has 0 spiro atoms. The van der Waals surface area contributed by atoms with Crippen molar-refractivity contribution in [1.82, 2.24) is 15.0 Å². The number of benzene rings is 2. The molecule has 5 rings (SSSR count). The molecule has 1 amide bonds. The lowest BCUT2D eigenvalue weighted by molar-refractivity contribution is -0.111. The van der Waals surface area contributed by atoms with E-state index in [1.165, 1.54) is 12.3 Å². The lowest BCUT2D eigenvalue weighted by atomic mass is 10.1. The highest BCUT2D eigenvalue weighted by atomic mass is 19.1. The van der Waals surface area contributed by atoms with E-state index in [4.69, 9.17) is 4.74 Å². The van der Waals surface area contributed by atoms with Gasteiger partial charge in [-0.1, -0.05) is 6.58 Å². The van der Waals surface area contributed by atoms with Gasteiger partial charge in [-0.3, -0.25) is 9.78 Å². The molecule has 37 heavy (non-hydrogen) atoms. The Balaban J connectivity index is 1.42. The Labute approximate surface area is 212 Å². The number of nitrogens with one attached hydrogen (secondary N) is 2. The molecule has 1 unspecified atom stereocenters. The van der Waals surface area contributed by atoms with E-state index in [0.29, 0.717) is 41.4 Å². The molecule has 188 valence electrons. The van der Waals surface area contributed by atoms with Gasteiger partial charge in [0.1, 0.15) is 5.82 Å². The maximum atomic E-state index is 15.0. The smallest absolute Gasteiger partial charge is 0.247 e. The Hall–Kier alpha value is -4.41. The molecular weight excluding hydrogens is 475 g/mol. The molecule has 1 aliphatic rings. The molecular formula is C27H25FN6O3. The van der Waals surface area contributed by atoms with Gasteiger partial charge in [0, 0.05) is 47.9 Å². The normalized spacial score (nSPS) is 15.4. The molecule has 1 atom stereocenters. The van der Waals surface area contributed by atoms with E-state index in [0.717, 1.165) is 24.0 Å². The Morgan fingerprint density at radius 2 is 2.03 bits per heavy atom. The number of hydrogen-bond donors (Lipinski definition) is 3. The number of carbonyl (C=O) groups is 1. The van der Waals surface area contributed by atoms with Gasteiger partial charge in [-0.2, -0.15) is 0 Å². The first kappa shape index (κ1) is 24.3. The summed E-state index contributed by atoms with van der Waals surface area (Å²) in [5.74, 6) is -0.569. The minimum Gasteiger partial charge on any atom is -0.394 e. The summed E-state index contributed by atoms with van der Waals surface area (Å²) >= 11 is 0. The third-order valence-corrected chi connectivity index (χ3v) is 6.00. The SMILES string of the molecule is C=CC(=O)Nc1ccnc(-c2c(F)ccc3cnc(Nc4ccc(N5CCOC(CO)C5)cc4)nc23)c1. The topological polar surface area (TPSA) is 112 Å². The van der Waals surface area contributed by atoms with Gasteiger partial charge in [-0.25, -0.2) is 14.4 Å². The van der Waals surface area contributed by atoms with Crippen LogP contribution in [0.1, 0.15) is 0 Å². The van der Waals surface area contributed by atoms with Crippen molar-refractivity contribution in [3.8, 4) is 11.3 Å². The third-order valence-electron chi connectivity index (χ3n) is 6.00. The highest BCUT2D eigenvalue weighted by Crippen LogP contribution is 2.31. The third kappa shape index (κ3) is 5.40. The Morgan fingerprint density at radius 1 is 1.19 bits per heavy atom. The van der Waals surface area contributed by atoms with Gasteiger partial charge in [-0.05, 0) is 54.6 Å². The number of hydrogen-bond acceptors (Lipinski definition) is 8. The summed E-state index contributed by atoms with van der Waals surface area (Å²) < 4.78 is 20.6. The number of pyridine rings is 1. The fourth-order valence-corrected chi connectivity index (χ4v) is 4.16. The summed E-state index contributed by atoms with van der Waals surface area (Å²) in [4.78, 5) is 27.1. The van der Waals surface area contributed by atoms with Crippen LogP contribution in [-0.2, 0) is 9.53 Å². The number of rotatable bonds is 7. The second-order valence-corrected chi connectivity index (χ2v) is 8.47. The Kier molecular flexibility index (Phi) is 7.02. The molecule has 1 saturated heterocycles. The summed E-state index contributed by atoms with van der Waals surface area (Å²) in [6.07, 6.45) is 4.07. The number of fused-ring (bicyclic) bond motifs is 1. The van der Waals surface area contributed by atoms with E-state index in [1.54, 1.807) is 24.4 Å². The van der Waals surface area contributed by atoms with Crippen molar-refractivity contribution in [3.05, 3.63) is 79.4 Å². The fourth-order valence-electron chi connectivity index (χ4n) is 4.16. The average Bonchev–Trinajstić information content (AvgIpc) is 2.93. The Bertz CT molecular complexity index is 1450. The van der Waals surface area contributed by atoms with Gasteiger partial charge in [0.25, 0.3) is 0 Å². The number of aromatic nitrogens is 3. The van der Waals surface area contributed by atoms with Crippen molar-refractivity contribution in [2.75, 3.05) is 41.8 Å². The van der Waals surface area contributed by atoms with Crippen LogP contribution in [-0.4, -0.2) is 58.4 Å². The van der Waals surface area contributed by atoms with Crippen molar-refractivity contribution in [3.63, 3.8) is 0 Å². The van der Waals surface area contributed by atoms with Gasteiger partial charge in [-0.15, -0.1) is 0 Å². The standard InChI is InChI=1S/C27H25FN6O3/c1-2-24(36)31-19-9-10-29-23(13-19)25-22(28)8-3-17-14-30-27(33-26(17)25)32-18-4-6-20(7-5-18)34-11-12-37-21(15-34)16-35/h2-10,13-14,21,35H,1,11-12,15-16H2,(H,29,31,36)(H,30,32,33). The number of amides is 1. The van der Waals surface area contributed by atoms with Crippen LogP contribution in [0, 0.1) is 5.82 Å². The summed E-state index contributed by atoms with van der Waals surface area (Å²) in [6.45, 7) is 5.36. The van der Waals surface area contributed by atoms with E-state index >= 15 is 4.39 Å². The van der Waals surface area contributed by atoms with Crippen LogP contribution < -0.4 is 15.5 Å². The predicted octanol–water partition coefficient (Wildman–Crippen LogP) is 3.90. The minimum absolute atomic E-state index is 0.0126. The molecule has 4 aromatic rings. The maximum Gasteiger partial charge on any atom is 0.247 e.